The minimum atomic E-state index is 0.282. The summed E-state index contributed by atoms with van der Waals surface area (Å²) < 4.78 is 0. The number of amidine groups is 1. The molecule has 2 aromatic rings. The molecule has 0 saturated carbocycles. The fourth-order valence-electron chi connectivity index (χ4n) is 2.66. The Kier molecular flexibility index (Phi) is 6.95. The second-order valence-corrected chi connectivity index (χ2v) is 6.38. The Balaban J connectivity index is 2.26. The van der Waals surface area contributed by atoms with Crippen molar-refractivity contribution < 1.29 is 0 Å². The van der Waals surface area contributed by atoms with Crippen LogP contribution in [0, 0.1) is 0 Å². The normalized spacial score (nSPS) is 12.8. The first-order valence-corrected chi connectivity index (χ1v) is 8.81. The molecule has 0 aliphatic carbocycles. The number of nitrogens with zero attached hydrogens (tertiary/aromatic N) is 2. The van der Waals surface area contributed by atoms with E-state index in [1.54, 1.807) is 7.05 Å². The molecular weight excluding hydrogens is 310 g/mol. The number of hydrogen-bond donors (Lipinski definition) is 3. The molecule has 0 fully saturated rings. The van der Waals surface area contributed by atoms with E-state index in [0.717, 1.165) is 42.3 Å². The Morgan fingerprint density at radius 2 is 2.12 bits per heavy atom. The van der Waals surface area contributed by atoms with E-state index in [1.807, 2.05) is 6.08 Å². The molecule has 2 rings (SSSR count). The number of aromatic amines is 1. The van der Waals surface area contributed by atoms with E-state index in [-0.39, 0.29) is 6.04 Å². The van der Waals surface area contributed by atoms with Crippen LogP contribution >= 0.6 is 0 Å². The number of fused-ring (bicyclic) bond motifs is 1. The summed E-state index contributed by atoms with van der Waals surface area (Å²) >= 11 is 0. The summed E-state index contributed by atoms with van der Waals surface area (Å²) in [5.74, 6) is 0.744. The molecule has 0 aliphatic heterocycles. The Labute approximate surface area is 150 Å². The van der Waals surface area contributed by atoms with Gasteiger partial charge in [-0.05, 0) is 63.4 Å². The minimum Gasteiger partial charge on any atom is -0.366 e. The lowest BCUT2D eigenvalue weighted by molar-refractivity contribution is 0.676. The first-order valence-electron chi connectivity index (χ1n) is 8.81. The van der Waals surface area contributed by atoms with E-state index in [9.17, 15) is 0 Å². The number of nitrogens with one attached hydrogen (secondary N) is 3. The summed E-state index contributed by atoms with van der Waals surface area (Å²) in [4.78, 5) is 11.8. The standard InChI is InChI=1S/C20H29N5/c1-6-9-23-13-15-7-8-18-16(10-15)11-17(25-18)12-19(21-4)20(22-5)24-14(2)3/h7-8,10-12,14,23,25H,4,6,9,13H2,1-3,5H3,(H,22,24)/b19-12-. The average Bonchev–Trinajstić information content (AvgIpc) is 2.99. The van der Waals surface area contributed by atoms with Crippen LogP contribution in [0.5, 0.6) is 0 Å². The SMILES string of the molecule is C=N/C(=C\c1cc2cc(CNCCC)ccc2[nH]1)C(=NC)NC(C)C. The van der Waals surface area contributed by atoms with Crippen LogP contribution in [0.4, 0.5) is 0 Å². The predicted molar refractivity (Wildman–Crippen MR) is 109 cm³/mol. The number of aromatic nitrogens is 1. The van der Waals surface area contributed by atoms with Gasteiger partial charge in [-0.3, -0.25) is 9.98 Å². The number of rotatable bonds is 8. The van der Waals surface area contributed by atoms with Crippen molar-refractivity contribution in [1.82, 2.24) is 15.6 Å². The van der Waals surface area contributed by atoms with Gasteiger partial charge in [0.2, 0.25) is 0 Å². The minimum absolute atomic E-state index is 0.282. The van der Waals surface area contributed by atoms with Gasteiger partial charge in [0.1, 0.15) is 11.5 Å². The molecule has 0 unspecified atom stereocenters. The molecule has 0 saturated heterocycles. The summed E-state index contributed by atoms with van der Waals surface area (Å²) in [5, 5.41) is 7.93. The van der Waals surface area contributed by atoms with Gasteiger partial charge in [-0.2, -0.15) is 0 Å². The van der Waals surface area contributed by atoms with Gasteiger partial charge in [-0.15, -0.1) is 0 Å². The Morgan fingerprint density at radius 3 is 2.76 bits per heavy atom. The topological polar surface area (TPSA) is 64.6 Å². The van der Waals surface area contributed by atoms with E-state index in [0.29, 0.717) is 0 Å². The summed E-state index contributed by atoms with van der Waals surface area (Å²) in [6.07, 6.45) is 3.12. The van der Waals surface area contributed by atoms with Crippen molar-refractivity contribution in [2.24, 2.45) is 9.98 Å². The van der Waals surface area contributed by atoms with Crippen molar-refractivity contribution in [3.8, 4) is 0 Å². The molecular formula is C20H29N5. The zero-order valence-corrected chi connectivity index (χ0v) is 15.7. The number of aliphatic imine (C=N–C) groups is 2. The van der Waals surface area contributed by atoms with Gasteiger partial charge in [-0.1, -0.05) is 13.0 Å². The maximum Gasteiger partial charge on any atom is 0.147 e. The lowest BCUT2D eigenvalue weighted by Gasteiger charge is -2.12. The van der Waals surface area contributed by atoms with Gasteiger partial charge in [0, 0.05) is 36.2 Å². The van der Waals surface area contributed by atoms with Crippen LogP contribution in [0.25, 0.3) is 17.0 Å². The van der Waals surface area contributed by atoms with Crippen molar-refractivity contribution >= 4 is 29.5 Å². The predicted octanol–water partition coefficient (Wildman–Crippen LogP) is 3.74. The smallest absolute Gasteiger partial charge is 0.147 e. The summed E-state index contributed by atoms with van der Waals surface area (Å²) in [6, 6.07) is 8.91. The van der Waals surface area contributed by atoms with Gasteiger partial charge < -0.3 is 15.6 Å². The Bertz CT molecular complexity index is 767. The Morgan fingerprint density at radius 1 is 1.32 bits per heavy atom. The highest BCUT2D eigenvalue weighted by Crippen LogP contribution is 2.19. The molecule has 25 heavy (non-hydrogen) atoms. The molecule has 0 radical (unpaired) electrons. The van der Waals surface area contributed by atoms with E-state index >= 15 is 0 Å². The highest BCUT2D eigenvalue weighted by atomic mass is 15.0. The van der Waals surface area contributed by atoms with Crippen molar-refractivity contribution in [2.75, 3.05) is 13.6 Å². The largest absolute Gasteiger partial charge is 0.366 e. The number of H-pyrrole nitrogens is 1. The third kappa shape index (κ3) is 5.29. The quantitative estimate of drug-likeness (QED) is 0.390. The van der Waals surface area contributed by atoms with Gasteiger partial charge in [-0.25, -0.2) is 0 Å². The van der Waals surface area contributed by atoms with Crippen LogP contribution in [-0.2, 0) is 6.54 Å². The van der Waals surface area contributed by atoms with E-state index in [4.69, 9.17) is 0 Å². The van der Waals surface area contributed by atoms with Crippen LogP contribution in [0.3, 0.4) is 0 Å². The van der Waals surface area contributed by atoms with Crippen LogP contribution < -0.4 is 10.6 Å². The van der Waals surface area contributed by atoms with Crippen molar-refractivity contribution in [1.29, 1.82) is 0 Å². The number of hydrogen-bond acceptors (Lipinski definition) is 3. The van der Waals surface area contributed by atoms with Crippen molar-refractivity contribution in [2.45, 2.75) is 39.8 Å². The zero-order chi connectivity index (χ0) is 18.2. The van der Waals surface area contributed by atoms with Gasteiger partial charge in [0.15, 0.2) is 0 Å². The molecule has 5 nitrogen and oxygen atoms in total. The zero-order valence-electron chi connectivity index (χ0n) is 15.7. The summed E-state index contributed by atoms with van der Waals surface area (Å²) in [7, 11) is 1.75. The monoisotopic (exact) mass is 339 g/mol. The van der Waals surface area contributed by atoms with E-state index in [2.05, 4.69) is 77.4 Å². The maximum atomic E-state index is 4.29. The Hall–Kier alpha value is -2.40. The van der Waals surface area contributed by atoms with Crippen molar-refractivity contribution in [3.05, 3.63) is 41.2 Å². The van der Waals surface area contributed by atoms with E-state index < -0.39 is 0 Å². The summed E-state index contributed by atoms with van der Waals surface area (Å²) in [6.45, 7) is 11.9. The van der Waals surface area contributed by atoms with Gasteiger partial charge in [0.05, 0.1) is 0 Å². The van der Waals surface area contributed by atoms with Gasteiger partial charge >= 0.3 is 0 Å². The van der Waals surface area contributed by atoms with Crippen LogP contribution in [-0.4, -0.2) is 37.2 Å². The third-order valence-electron chi connectivity index (χ3n) is 3.82. The van der Waals surface area contributed by atoms with Crippen LogP contribution in [0.2, 0.25) is 0 Å². The average molecular weight is 339 g/mol. The molecule has 5 heteroatoms. The highest BCUT2D eigenvalue weighted by molar-refractivity contribution is 6.02. The van der Waals surface area contributed by atoms with Gasteiger partial charge in [0.25, 0.3) is 0 Å². The molecule has 0 amide bonds. The fraction of sp³-hybridized carbons (Fsp3) is 0.400. The maximum absolute atomic E-state index is 4.29. The summed E-state index contributed by atoms with van der Waals surface area (Å²) in [5.41, 5.74) is 4.12. The second-order valence-electron chi connectivity index (χ2n) is 6.38. The molecule has 0 spiro atoms. The molecule has 0 bridgehead atoms. The molecule has 134 valence electrons. The van der Waals surface area contributed by atoms with E-state index in [1.165, 1.54) is 10.9 Å². The molecule has 1 aromatic carbocycles. The molecule has 3 N–H and O–H groups in total. The molecule has 1 aromatic heterocycles. The number of benzene rings is 1. The molecule has 0 aliphatic rings. The van der Waals surface area contributed by atoms with Crippen LogP contribution in [0.15, 0.2) is 39.9 Å². The highest BCUT2D eigenvalue weighted by Gasteiger charge is 2.08. The lowest BCUT2D eigenvalue weighted by atomic mass is 10.1. The lowest BCUT2D eigenvalue weighted by Crippen LogP contribution is -2.31. The molecule has 1 heterocycles. The fourth-order valence-corrected chi connectivity index (χ4v) is 2.66. The first-order chi connectivity index (χ1) is 12.1. The second kappa shape index (κ2) is 9.18. The first kappa shape index (κ1) is 18.9. The third-order valence-corrected chi connectivity index (χ3v) is 3.82. The van der Waals surface area contributed by atoms with Crippen molar-refractivity contribution in [3.63, 3.8) is 0 Å². The molecule has 0 atom stereocenters. The van der Waals surface area contributed by atoms with Crippen LogP contribution in [0.1, 0.15) is 38.4 Å².